The van der Waals surface area contributed by atoms with Crippen LogP contribution in [0.15, 0.2) is 36.0 Å². The molecular weight excluding hydrogens is 366 g/mol. The highest BCUT2D eigenvalue weighted by Gasteiger charge is 2.38. The van der Waals surface area contributed by atoms with Crippen LogP contribution in [0.25, 0.3) is 5.69 Å². The molecule has 0 unspecified atom stereocenters. The number of cyclic esters (lactones) is 2. The van der Waals surface area contributed by atoms with Gasteiger partial charge in [0.2, 0.25) is 0 Å². The van der Waals surface area contributed by atoms with Crippen molar-refractivity contribution in [1.82, 2.24) is 9.78 Å². The Labute approximate surface area is 160 Å². The average molecular weight is 385 g/mol. The van der Waals surface area contributed by atoms with Crippen molar-refractivity contribution in [2.24, 2.45) is 0 Å². The van der Waals surface area contributed by atoms with Crippen molar-refractivity contribution in [2.75, 3.05) is 5.32 Å². The van der Waals surface area contributed by atoms with Crippen LogP contribution in [-0.4, -0.2) is 38.6 Å². The van der Waals surface area contributed by atoms with Gasteiger partial charge in [-0.1, -0.05) is 0 Å². The molecule has 0 radical (unpaired) electrons. The first-order valence-electron chi connectivity index (χ1n) is 8.42. The third-order valence-electron chi connectivity index (χ3n) is 3.96. The molecule has 1 aliphatic rings. The number of nitrogens with one attached hydrogen (secondary N) is 1. The zero-order valence-electron chi connectivity index (χ0n) is 15.8. The summed E-state index contributed by atoms with van der Waals surface area (Å²) in [5.74, 6) is -4.13. The van der Waals surface area contributed by atoms with E-state index in [0.717, 1.165) is 17.6 Å². The first-order valence-corrected chi connectivity index (χ1v) is 8.42. The van der Waals surface area contributed by atoms with Crippen LogP contribution in [-0.2, 0) is 19.1 Å². The molecule has 9 nitrogen and oxygen atoms in total. The smallest absolute Gasteiger partial charge is 0.350 e. The highest BCUT2D eigenvalue weighted by Crippen LogP contribution is 2.24. The number of aryl methyl sites for hydroxylation is 2. The molecule has 146 valence electrons. The van der Waals surface area contributed by atoms with Gasteiger partial charge in [0.25, 0.3) is 5.79 Å². The Morgan fingerprint density at radius 2 is 1.82 bits per heavy atom. The standard InChI is InChI=1S/C19H19N3O6/c1-10-7-11(2)22(21-10)15-6-5-12(8-13(15)16(23)24)20-9-14-17(25)27-19(3,4)28-18(14)26/h5-9,20H,1-4H3,(H,23,24). The molecule has 2 aromatic rings. The zero-order valence-corrected chi connectivity index (χ0v) is 15.8. The number of hydrogen-bond acceptors (Lipinski definition) is 7. The summed E-state index contributed by atoms with van der Waals surface area (Å²) in [5.41, 5.74) is 2.00. The van der Waals surface area contributed by atoms with Crippen LogP contribution < -0.4 is 5.32 Å². The molecule has 1 saturated heterocycles. The molecule has 0 amide bonds. The van der Waals surface area contributed by atoms with Gasteiger partial charge in [-0.05, 0) is 38.1 Å². The van der Waals surface area contributed by atoms with Gasteiger partial charge in [0.15, 0.2) is 5.57 Å². The number of anilines is 1. The van der Waals surface area contributed by atoms with Gasteiger partial charge in [-0.2, -0.15) is 5.10 Å². The number of carbonyl (C=O) groups is 3. The van der Waals surface area contributed by atoms with Crippen molar-refractivity contribution < 1.29 is 29.0 Å². The molecular formula is C19H19N3O6. The molecule has 0 bridgehead atoms. The summed E-state index contributed by atoms with van der Waals surface area (Å²) in [6.07, 6.45) is 1.13. The van der Waals surface area contributed by atoms with Crippen molar-refractivity contribution in [2.45, 2.75) is 33.5 Å². The molecule has 2 heterocycles. The minimum Gasteiger partial charge on any atom is -0.478 e. The highest BCUT2D eigenvalue weighted by atomic mass is 16.7. The van der Waals surface area contributed by atoms with Gasteiger partial charge >= 0.3 is 17.9 Å². The molecule has 0 saturated carbocycles. The Kier molecular flexibility index (Phi) is 4.68. The summed E-state index contributed by atoms with van der Waals surface area (Å²) in [6, 6.07) is 6.42. The van der Waals surface area contributed by atoms with Gasteiger partial charge in [-0.3, -0.25) is 0 Å². The van der Waals surface area contributed by atoms with E-state index in [0.29, 0.717) is 11.4 Å². The number of esters is 2. The van der Waals surface area contributed by atoms with Gasteiger partial charge < -0.3 is 19.9 Å². The second-order valence-electron chi connectivity index (χ2n) is 6.76. The Balaban J connectivity index is 1.91. The summed E-state index contributed by atoms with van der Waals surface area (Å²) in [5, 5.41) is 16.6. The fourth-order valence-electron chi connectivity index (χ4n) is 2.79. The van der Waals surface area contributed by atoms with E-state index >= 15 is 0 Å². The first-order chi connectivity index (χ1) is 13.1. The van der Waals surface area contributed by atoms with E-state index in [9.17, 15) is 19.5 Å². The Morgan fingerprint density at radius 3 is 2.36 bits per heavy atom. The van der Waals surface area contributed by atoms with Gasteiger partial charge in [0.05, 0.1) is 16.9 Å². The SMILES string of the molecule is Cc1cc(C)n(-c2ccc(NC=C3C(=O)OC(C)(C)OC3=O)cc2C(=O)O)n1. The molecule has 0 aliphatic carbocycles. The fraction of sp³-hybridized carbons (Fsp3) is 0.263. The van der Waals surface area contributed by atoms with E-state index in [1.54, 1.807) is 16.8 Å². The van der Waals surface area contributed by atoms with E-state index in [1.165, 1.54) is 19.9 Å². The van der Waals surface area contributed by atoms with Crippen molar-refractivity contribution >= 4 is 23.6 Å². The number of ether oxygens (including phenoxy) is 2. The van der Waals surface area contributed by atoms with E-state index in [2.05, 4.69) is 10.4 Å². The third-order valence-corrected chi connectivity index (χ3v) is 3.96. The van der Waals surface area contributed by atoms with E-state index in [4.69, 9.17) is 9.47 Å². The van der Waals surface area contributed by atoms with Gasteiger partial charge in [-0.15, -0.1) is 0 Å². The first kappa shape index (κ1) is 19.2. The highest BCUT2D eigenvalue weighted by molar-refractivity contribution is 6.15. The van der Waals surface area contributed by atoms with Crippen molar-refractivity contribution in [3.8, 4) is 5.69 Å². The number of carboxylic acid groups (broad SMARTS) is 1. The number of carboxylic acids is 1. The van der Waals surface area contributed by atoms with Gasteiger partial charge in [0, 0.05) is 31.4 Å². The Hall–Kier alpha value is -3.62. The third kappa shape index (κ3) is 3.73. The number of benzene rings is 1. The molecule has 0 atom stereocenters. The number of nitrogens with zero attached hydrogens (tertiary/aromatic N) is 2. The fourth-order valence-corrected chi connectivity index (χ4v) is 2.79. The molecule has 1 fully saturated rings. The van der Waals surface area contributed by atoms with Crippen LogP contribution in [0, 0.1) is 13.8 Å². The van der Waals surface area contributed by atoms with Crippen molar-refractivity contribution in [3.63, 3.8) is 0 Å². The lowest BCUT2D eigenvalue weighted by atomic mass is 10.1. The van der Waals surface area contributed by atoms with E-state index in [-0.39, 0.29) is 11.1 Å². The number of hydrogen-bond donors (Lipinski definition) is 2. The van der Waals surface area contributed by atoms with Crippen LogP contribution in [0.1, 0.15) is 35.6 Å². The lowest BCUT2D eigenvalue weighted by Gasteiger charge is -2.29. The molecule has 28 heavy (non-hydrogen) atoms. The van der Waals surface area contributed by atoms with Crippen LogP contribution >= 0.6 is 0 Å². The quantitative estimate of drug-likeness (QED) is 0.467. The Bertz CT molecular complexity index is 997. The second-order valence-corrected chi connectivity index (χ2v) is 6.76. The van der Waals surface area contributed by atoms with Crippen molar-refractivity contribution in [1.29, 1.82) is 0 Å². The summed E-state index contributed by atoms with van der Waals surface area (Å²) in [7, 11) is 0. The van der Waals surface area contributed by atoms with Crippen LogP contribution in [0.3, 0.4) is 0 Å². The number of rotatable bonds is 4. The average Bonchev–Trinajstić information content (AvgIpc) is 2.91. The molecule has 1 aromatic carbocycles. The van der Waals surface area contributed by atoms with Crippen LogP contribution in [0.4, 0.5) is 5.69 Å². The van der Waals surface area contributed by atoms with E-state index < -0.39 is 23.7 Å². The largest absolute Gasteiger partial charge is 0.478 e. The maximum Gasteiger partial charge on any atom is 0.350 e. The normalized spacial score (nSPS) is 15.6. The predicted molar refractivity (Wildman–Crippen MR) is 98.0 cm³/mol. The number of aromatic nitrogens is 2. The molecule has 0 spiro atoms. The second kappa shape index (κ2) is 6.84. The summed E-state index contributed by atoms with van der Waals surface area (Å²) < 4.78 is 11.5. The van der Waals surface area contributed by atoms with Gasteiger partial charge in [-0.25, -0.2) is 19.1 Å². The minimum absolute atomic E-state index is 0.00419. The predicted octanol–water partition coefficient (Wildman–Crippen LogP) is 2.32. The maximum absolute atomic E-state index is 12.0. The summed E-state index contributed by atoms with van der Waals surface area (Å²) in [6.45, 7) is 6.54. The molecule has 9 heteroatoms. The zero-order chi connectivity index (χ0) is 20.6. The number of aromatic carboxylic acids is 1. The lowest BCUT2D eigenvalue weighted by molar-refractivity contribution is -0.222. The molecule has 1 aliphatic heterocycles. The molecule has 2 N–H and O–H groups in total. The van der Waals surface area contributed by atoms with Gasteiger partial charge in [0.1, 0.15) is 0 Å². The summed E-state index contributed by atoms with van der Waals surface area (Å²) in [4.78, 5) is 35.6. The topological polar surface area (TPSA) is 120 Å². The maximum atomic E-state index is 12.0. The lowest BCUT2D eigenvalue weighted by Crippen LogP contribution is -2.42. The minimum atomic E-state index is -1.33. The monoisotopic (exact) mass is 385 g/mol. The van der Waals surface area contributed by atoms with Crippen LogP contribution in [0.5, 0.6) is 0 Å². The van der Waals surface area contributed by atoms with Crippen molar-refractivity contribution in [3.05, 3.63) is 53.0 Å². The Morgan fingerprint density at radius 1 is 1.18 bits per heavy atom. The molecule has 1 aromatic heterocycles. The van der Waals surface area contributed by atoms with Crippen LogP contribution in [0.2, 0.25) is 0 Å². The summed E-state index contributed by atoms with van der Waals surface area (Å²) >= 11 is 0. The van der Waals surface area contributed by atoms with E-state index in [1.807, 2.05) is 19.9 Å². The molecule has 3 rings (SSSR count). The number of carbonyl (C=O) groups excluding carboxylic acids is 2.